The predicted octanol–water partition coefficient (Wildman–Crippen LogP) is 3.15. The van der Waals surface area contributed by atoms with Crippen LogP contribution in [0.4, 0.5) is 4.79 Å². The fraction of sp³-hybridized carbons (Fsp3) is 0.300. The van der Waals surface area contributed by atoms with Crippen LogP contribution in [-0.4, -0.2) is 30.4 Å². The molecule has 0 atom stereocenters. The molecule has 25 heavy (non-hydrogen) atoms. The Morgan fingerprint density at radius 3 is 2.24 bits per heavy atom. The minimum atomic E-state index is -0.526. The Labute approximate surface area is 148 Å². The zero-order valence-corrected chi connectivity index (χ0v) is 14.6. The van der Waals surface area contributed by atoms with Crippen molar-refractivity contribution in [2.24, 2.45) is 5.73 Å². The number of carbonyl (C=O) groups is 2. The lowest BCUT2D eigenvalue weighted by atomic mass is 10.0. The molecule has 0 aliphatic heterocycles. The highest BCUT2D eigenvalue weighted by molar-refractivity contribution is 5.76. The van der Waals surface area contributed by atoms with Gasteiger partial charge in [-0.3, -0.25) is 4.79 Å². The SMILES string of the molecule is CN(Cc1ccc(-c2ccccc2)cc1)C(=O)CCCCNC(N)=O. The van der Waals surface area contributed by atoms with Gasteiger partial charge in [0, 0.05) is 26.6 Å². The molecule has 0 bridgehead atoms. The third-order valence-electron chi connectivity index (χ3n) is 4.02. The van der Waals surface area contributed by atoms with Gasteiger partial charge in [-0.05, 0) is 29.5 Å². The first kappa shape index (κ1) is 18.5. The van der Waals surface area contributed by atoms with Crippen molar-refractivity contribution >= 4 is 11.9 Å². The summed E-state index contributed by atoms with van der Waals surface area (Å²) in [6, 6.07) is 18.0. The van der Waals surface area contributed by atoms with E-state index in [9.17, 15) is 9.59 Å². The van der Waals surface area contributed by atoms with Gasteiger partial charge in [-0.25, -0.2) is 4.79 Å². The molecule has 3 amide bonds. The Bertz CT molecular complexity index is 684. The van der Waals surface area contributed by atoms with E-state index in [1.165, 1.54) is 11.1 Å². The normalized spacial score (nSPS) is 10.3. The molecule has 0 unspecified atom stereocenters. The lowest BCUT2D eigenvalue weighted by molar-refractivity contribution is -0.130. The van der Waals surface area contributed by atoms with Gasteiger partial charge >= 0.3 is 6.03 Å². The number of rotatable bonds is 8. The molecule has 132 valence electrons. The quantitative estimate of drug-likeness (QED) is 0.725. The number of urea groups is 1. The molecule has 0 aliphatic carbocycles. The minimum absolute atomic E-state index is 0.103. The molecule has 0 spiro atoms. The van der Waals surface area contributed by atoms with Crippen LogP contribution >= 0.6 is 0 Å². The summed E-state index contributed by atoms with van der Waals surface area (Å²) in [5.41, 5.74) is 8.44. The number of hydrogen-bond acceptors (Lipinski definition) is 2. The molecular formula is C20H25N3O2. The van der Waals surface area contributed by atoms with Crippen molar-refractivity contribution in [2.45, 2.75) is 25.8 Å². The molecule has 0 radical (unpaired) electrons. The van der Waals surface area contributed by atoms with Crippen molar-refractivity contribution in [3.05, 3.63) is 60.2 Å². The molecule has 0 heterocycles. The van der Waals surface area contributed by atoms with E-state index in [2.05, 4.69) is 41.7 Å². The number of hydrogen-bond donors (Lipinski definition) is 2. The predicted molar refractivity (Wildman–Crippen MR) is 99.8 cm³/mol. The molecule has 0 saturated carbocycles. The van der Waals surface area contributed by atoms with Crippen molar-refractivity contribution in [3.8, 4) is 11.1 Å². The Morgan fingerprint density at radius 1 is 0.960 bits per heavy atom. The van der Waals surface area contributed by atoms with Crippen LogP contribution in [0.1, 0.15) is 24.8 Å². The lowest BCUT2D eigenvalue weighted by Gasteiger charge is -2.17. The van der Waals surface area contributed by atoms with E-state index >= 15 is 0 Å². The average molecular weight is 339 g/mol. The third kappa shape index (κ3) is 6.30. The summed E-state index contributed by atoms with van der Waals surface area (Å²) >= 11 is 0. The van der Waals surface area contributed by atoms with Crippen LogP contribution in [0.15, 0.2) is 54.6 Å². The van der Waals surface area contributed by atoms with Gasteiger partial charge in [-0.15, -0.1) is 0 Å². The highest BCUT2D eigenvalue weighted by atomic mass is 16.2. The van der Waals surface area contributed by atoms with Crippen molar-refractivity contribution in [1.29, 1.82) is 0 Å². The number of nitrogens with two attached hydrogens (primary N) is 1. The summed E-state index contributed by atoms with van der Waals surface area (Å²) in [7, 11) is 1.81. The number of primary amides is 1. The first-order valence-corrected chi connectivity index (χ1v) is 8.48. The third-order valence-corrected chi connectivity index (χ3v) is 4.02. The van der Waals surface area contributed by atoms with Gasteiger partial charge in [0.15, 0.2) is 0 Å². The number of benzene rings is 2. The summed E-state index contributed by atoms with van der Waals surface area (Å²) in [6.07, 6.45) is 1.95. The molecular weight excluding hydrogens is 314 g/mol. The van der Waals surface area contributed by atoms with E-state index in [-0.39, 0.29) is 5.91 Å². The molecule has 5 nitrogen and oxygen atoms in total. The van der Waals surface area contributed by atoms with Crippen LogP contribution < -0.4 is 11.1 Å². The van der Waals surface area contributed by atoms with E-state index in [0.717, 1.165) is 18.4 Å². The number of amides is 3. The van der Waals surface area contributed by atoms with Gasteiger partial charge in [0.2, 0.25) is 5.91 Å². The molecule has 3 N–H and O–H groups in total. The molecule has 0 aliphatic rings. The first-order chi connectivity index (χ1) is 12.1. The van der Waals surface area contributed by atoms with Crippen molar-refractivity contribution in [3.63, 3.8) is 0 Å². The maximum atomic E-state index is 12.1. The second-order valence-electron chi connectivity index (χ2n) is 6.06. The van der Waals surface area contributed by atoms with Gasteiger partial charge in [-0.1, -0.05) is 54.6 Å². The summed E-state index contributed by atoms with van der Waals surface area (Å²) < 4.78 is 0. The van der Waals surface area contributed by atoms with E-state index in [1.54, 1.807) is 4.90 Å². The number of nitrogens with one attached hydrogen (secondary N) is 1. The standard InChI is InChI=1S/C20H25N3O2/c1-23(19(24)9-5-6-14-22-20(21)25)15-16-10-12-18(13-11-16)17-7-3-2-4-8-17/h2-4,7-8,10-13H,5-6,9,14-15H2,1H3,(H3,21,22,25). The first-order valence-electron chi connectivity index (χ1n) is 8.48. The zero-order chi connectivity index (χ0) is 18.1. The highest BCUT2D eigenvalue weighted by Gasteiger charge is 2.09. The second kappa shape index (κ2) is 9.47. The molecule has 2 aromatic rings. The number of unbranched alkanes of at least 4 members (excludes halogenated alkanes) is 1. The summed E-state index contributed by atoms with van der Waals surface area (Å²) in [5, 5.41) is 2.52. The van der Waals surface area contributed by atoms with Crippen LogP contribution in [-0.2, 0) is 11.3 Å². The smallest absolute Gasteiger partial charge is 0.312 e. The Hall–Kier alpha value is -2.82. The van der Waals surface area contributed by atoms with Crippen LogP contribution in [0.25, 0.3) is 11.1 Å². The fourth-order valence-electron chi connectivity index (χ4n) is 2.60. The number of nitrogens with zero attached hydrogens (tertiary/aromatic N) is 1. The molecule has 0 saturated heterocycles. The molecule has 2 aromatic carbocycles. The maximum Gasteiger partial charge on any atom is 0.312 e. The van der Waals surface area contributed by atoms with E-state index in [1.807, 2.05) is 25.2 Å². The Morgan fingerprint density at radius 2 is 1.60 bits per heavy atom. The van der Waals surface area contributed by atoms with Gasteiger partial charge in [0.05, 0.1) is 0 Å². The van der Waals surface area contributed by atoms with Crippen molar-refractivity contribution in [2.75, 3.05) is 13.6 Å². The fourth-order valence-corrected chi connectivity index (χ4v) is 2.60. The van der Waals surface area contributed by atoms with Crippen LogP contribution in [0, 0.1) is 0 Å². The monoisotopic (exact) mass is 339 g/mol. The van der Waals surface area contributed by atoms with E-state index in [0.29, 0.717) is 19.5 Å². The summed E-state index contributed by atoms with van der Waals surface area (Å²) in [4.78, 5) is 24.4. The minimum Gasteiger partial charge on any atom is -0.352 e. The highest BCUT2D eigenvalue weighted by Crippen LogP contribution is 2.19. The van der Waals surface area contributed by atoms with Crippen LogP contribution in [0.3, 0.4) is 0 Å². The molecule has 0 fully saturated rings. The lowest BCUT2D eigenvalue weighted by Crippen LogP contribution is -2.30. The molecule has 2 rings (SSSR count). The Kier molecular flexibility index (Phi) is 7.01. The Balaban J connectivity index is 1.78. The molecule has 0 aromatic heterocycles. The summed E-state index contributed by atoms with van der Waals surface area (Å²) in [5.74, 6) is 0.103. The van der Waals surface area contributed by atoms with Crippen molar-refractivity contribution in [1.82, 2.24) is 10.2 Å². The van der Waals surface area contributed by atoms with Gasteiger partial charge in [0.25, 0.3) is 0 Å². The van der Waals surface area contributed by atoms with Crippen LogP contribution in [0.2, 0.25) is 0 Å². The van der Waals surface area contributed by atoms with Gasteiger partial charge < -0.3 is 16.0 Å². The largest absolute Gasteiger partial charge is 0.352 e. The van der Waals surface area contributed by atoms with E-state index < -0.39 is 6.03 Å². The van der Waals surface area contributed by atoms with E-state index in [4.69, 9.17) is 5.73 Å². The second-order valence-corrected chi connectivity index (χ2v) is 6.06. The van der Waals surface area contributed by atoms with Gasteiger partial charge in [-0.2, -0.15) is 0 Å². The van der Waals surface area contributed by atoms with Crippen molar-refractivity contribution < 1.29 is 9.59 Å². The van der Waals surface area contributed by atoms with Crippen LogP contribution in [0.5, 0.6) is 0 Å². The van der Waals surface area contributed by atoms with Gasteiger partial charge in [0.1, 0.15) is 0 Å². The number of carbonyl (C=O) groups excluding carboxylic acids is 2. The zero-order valence-electron chi connectivity index (χ0n) is 14.6. The average Bonchev–Trinajstić information content (AvgIpc) is 2.62. The topological polar surface area (TPSA) is 75.4 Å². The summed E-state index contributed by atoms with van der Waals surface area (Å²) in [6.45, 7) is 1.10. The maximum absolute atomic E-state index is 12.1. The molecule has 5 heteroatoms.